The van der Waals surface area contributed by atoms with Crippen molar-refractivity contribution in [3.05, 3.63) is 17.7 Å². The van der Waals surface area contributed by atoms with Crippen LogP contribution in [0, 0.1) is 0 Å². The molecule has 0 aliphatic carbocycles. The van der Waals surface area contributed by atoms with Gasteiger partial charge in [-0.15, -0.1) is 0 Å². The second kappa shape index (κ2) is 6.19. The Labute approximate surface area is 107 Å². The van der Waals surface area contributed by atoms with Gasteiger partial charge in [-0.25, -0.2) is 0 Å². The number of thioether (sulfide) groups is 1. The fraction of sp³-hybridized carbons (Fsp3) is 0.455. The van der Waals surface area contributed by atoms with E-state index in [9.17, 15) is 13.2 Å². The molecule has 1 rings (SSSR count). The van der Waals surface area contributed by atoms with Crippen LogP contribution in [0.1, 0.15) is 5.56 Å². The highest BCUT2D eigenvalue weighted by atomic mass is 32.2. The summed E-state index contributed by atoms with van der Waals surface area (Å²) >= 11 is -0.224. The van der Waals surface area contributed by atoms with Gasteiger partial charge in [0.25, 0.3) is 0 Å². The normalized spacial score (nSPS) is 11.4. The van der Waals surface area contributed by atoms with Crippen LogP contribution in [0.25, 0.3) is 0 Å². The molecule has 0 amide bonds. The van der Waals surface area contributed by atoms with Crippen molar-refractivity contribution in [2.45, 2.75) is 16.8 Å². The van der Waals surface area contributed by atoms with E-state index < -0.39 is 5.51 Å². The smallest absolute Gasteiger partial charge is 0.446 e. The molecular weight excluding hydrogens is 267 g/mol. The van der Waals surface area contributed by atoms with Crippen LogP contribution in [-0.4, -0.2) is 26.3 Å². The Balaban J connectivity index is 3.22. The second-order valence-electron chi connectivity index (χ2n) is 3.42. The molecule has 102 valence electrons. The maximum atomic E-state index is 12.5. The molecule has 0 saturated heterocycles. The van der Waals surface area contributed by atoms with Crippen LogP contribution >= 0.6 is 11.8 Å². The molecule has 0 fully saturated rings. The van der Waals surface area contributed by atoms with Crippen LogP contribution < -0.4 is 15.2 Å². The molecule has 1 aromatic rings. The van der Waals surface area contributed by atoms with Gasteiger partial charge in [-0.2, -0.15) is 13.2 Å². The molecule has 3 nitrogen and oxygen atoms in total. The average molecular weight is 281 g/mol. The first-order chi connectivity index (χ1) is 8.41. The van der Waals surface area contributed by atoms with Gasteiger partial charge in [-0.05, 0) is 42.4 Å². The lowest BCUT2D eigenvalue weighted by molar-refractivity contribution is -0.0328. The minimum absolute atomic E-state index is 0.0206. The number of nitrogens with two attached hydrogens (primary N) is 1. The summed E-state index contributed by atoms with van der Waals surface area (Å²) < 4.78 is 47.4. The fourth-order valence-corrected chi connectivity index (χ4v) is 2.23. The molecule has 0 heterocycles. The molecule has 0 unspecified atom stereocenters. The lowest BCUT2D eigenvalue weighted by atomic mass is 10.1. The van der Waals surface area contributed by atoms with Crippen molar-refractivity contribution >= 4 is 11.8 Å². The van der Waals surface area contributed by atoms with Crippen LogP contribution in [-0.2, 0) is 6.42 Å². The number of methoxy groups -OCH3 is 2. The number of halogens is 3. The van der Waals surface area contributed by atoms with Crippen molar-refractivity contribution in [1.82, 2.24) is 0 Å². The zero-order chi connectivity index (χ0) is 13.8. The van der Waals surface area contributed by atoms with Gasteiger partial charge in [0.05, 0.1) is 19.1 Å². The number of hydrogen-bond acceptors (Lipinski definition) is 4. The highest BCUT2D eigenvalue weighted by Gasteiger charge is 2.32. The Morgan fingerprint density at radius 3 is 2.33 bits per heavy atom. The molecule has 1 aromatic carbocycles. The molecule has 2 N–H and O–H groups in total. The van der Waals surface area contributed by atoms with Crippen LogP contribution in [0.5, 0.6) is 11.5 Å². The Morgan fingerprint density at radius 2 is 1.89 bits per heavy atom. The summed E-state index contributed by atoms with van der Waals surface area (Å²) in [6.45, 7) is 0.353. The van der Waals surface area contributed by atoms with Crippen molar-refractivity contribution < 1.29 is 22.6 Å². The molecule has 0 aliphatic heterocycles. The van der Waals surface area contributed by atoms with E-state index in [1.54, 1.807) is 6.07 Å². The predicted molar refractivity (Wildman–Crippen MR) is 64.2 cm³/mol. The first-order valence-electron chi connectivity index (χ1n) is 5.12. The summed E-state index contributed by atoms with van der Waals surface area (Å²) in [7, 11) is 2.69. The summed E-state index contributed by atoms with van der Waals surface area (Å²) in [6, 6.07) is 3.05. The number of rotatable bonds is 5. The minimum Gasteiger partial charge on any atom is -0.493 e. The largest absolute Gasteiger partial charge is 0.493 e. The third-order valence-corrected chi connectivity index (χ3v) is 2.92. The third kappa shape index (κ3) is 3.99. The van der Waals surface area contributed by atoms with Gasteiger partial charge in [-0.3, -0.25) is 0 Å². The topological polar surface area (TPSA) is 44.5 Å². The molecule has 0 spiro atoms. The summed E-state index contributed by atoms with van der Waals surface area (Å²) in [5, 5.41) is 0. The maximum Gasteiger partial charge on any atom is 0.446 e. The molecule has 0 atom stereocenters. The van der Waals surface area contributed by atoms with Crippen LogP contribution in [0.2, 0.25) is 0 Å². The molecule has 0 aliphatic rings. The number of alkyl halides is 3. The Kier molecular flexibility index (Phi) is 5.15. The van der Waals surface area contributed by atoms with Gasteiger partial charge in [0.1, 0.15) is 0 Å². The van der Waals surface area contributed by atoms with Gasteiger partial charge >= 0.3 is 5.51 Å². The zero-order valence-corrected chi connectivity index (χ0v) is 10.8. The summed E-state index contributed by atoms with van der Waals surface area (Å²) in [5.41, 5.74) is 1.71. The number of ether oxygens (including phenoxy) is 2. The van der Waals surface area contributed by atoms with Gasteiger partial charge in [0, 0.05) is 0 Å². The van der Waals surface area contributed by atoms with E-state index in [0.717, 1.165) is 0 Å². The van der Waals surface area contributed by atoms with E-state index in [2.05, 4.69) is 0 Å². The summed E-state index contributed by atoms with van der Waals surface area (Å²) in [5.74, 6) is 0.357. The maximum absolute atomic E-state index is 12.5. The highest BCUT2D eigenvalue weighted by molar-refractivity contribution is 8.00. The predicted octanol–water partition coefficient (Wildman–Crippen LogP) is 2.82. The van der Waals surface area contributed by atoms with Crippen LogP contribution in [0.15, 0.2) is 17.0 Å². The SMILES string of the molecule is COc1cc(CCN)cc(SC(F)(F)F)c1OC. The first-order valence-corrected chi connectivity index (χ1v) is 5.93. The summed E-state index contributed by atoms with van der Waals surface area (Å²) in [6.07, 6.45) is 0.478. The molecule has 18 heavy (non-hydrogen) atoms. The average Bonchev–Trinajstić information content (AvgIpc) is 2.26. The van der Waals surface area contributed by atoms with Gasteiger partial charge in [0.2, 0.25) is 0 Å². The van der Waals surface area contributed by atoms with Crippen molar-refractivity contribution in [3.8, 4) is 11.5 Å². The summed E-state index contributed by atoms with van der Waals surface area (Å²) in [4.78, 5) is -0.0206. The number of hydrogen-bond donors (Lipinski definition) is 1. The zero-order valence-electron chi connectivity index (χ0n) is 10.0. The van der Waals surface area contributed by atoms with E-state index in [4.69, 9.17) is 15.2 Å². The molecule has 7 heteroatoms. The van der Waals surface area contributed by atoms with E-state index in [0.29, 0.717) is 18.5 Å². The Bertz CT molecular complexity index is 410. The molecule has 0 aromatic heterocycles. The van der Waals surface area contributed by atoms with Gasteiger partial charge in [0.15, 0.2) is 11.5 Å². The standard InChI is InChI=1S/C11H14F3NO2S/c1-16-8-5-7(3-4-15)6-9(10(8)17-2)18-11(12,13)14/h5-6H,3-4,15H2,1-2H3. The van der Waals surface area contributed by atoms with Crippen molar-refractivity contribution in [2.75, 3.05) is 20.8 Å². The van der Waals surface area contributed by atoms with Crippen LogP contribution in [0.4, 0.5) is 13.2 Å². The van der Waals surface area contributed by atoms with E-state index >= 15 is 0 Å². The monoisotopic (exact) mass is 281 g/mol. The van der Waals surface area contributed by atoms with E-state index in [1.165, 1.54) is 20.3 Å². The van der Waals surface area contributed by atoms with Crippen LogP contribution in [0.3, 0.4) is 0 Å². The first kappa shape index (κ1) is 15.0. The van der Waals surface area contributed by atoms with Gasteiger partial charge < -0.3 is 15.2 Å². The number of benzene rings is 1. The third-order valence-electron chi connectivity index (χ3n) is 2.16. The fourth-order valence-electron chi connectivity index (χ4n) is 1.50. The minimum atomic E-state index is -4.38. The molecule has 0 bridgehead atoms. The van der Waals surface area contributed by atoms with Crippen molar-refractivity contribution in [3.63, 3.8) is 0 Å². The van der Waals surface area contributed by atoms with Crippen molar-refractivity contribution in [2.24, 2.45) is 5.73 Å². The van der Waals surface area contributed by atoms with E-state index in [-0.39, 0.29) is 28.2 Å². The lowest BCUT2D eigenvalue weighted by Crippen LogP contribution is -2.05. The highest BCUT2D eigenvalue weighted by Crippen LogP contribution is 2.45. The Hall–Kier alpha value is -1.08. The lowest BCUT2D eigenvalue weighted by Gasteiger charge is -2.15. The van der Waals surface area contributed by atoms with Gasteiger partial charge in [-0.1, -0.05) is 0 Å². The molecule has 0 radical (unpaired) electrons. The second-order valence-corrected chi connectivity index (χ2v) is 4.52. The molecule has 0 saturated carbocycles. The Morgan fingerprint density at radius 1 is 1.22 bits per heavy atom. The van der Waals surface area contributed by atoms with Crippen molar-refractivity contribution in [1.29, 1.82) is 0 Å². The quantitative estimate of drug-likeness (QED) is 0.843. The van der Waals surface area contributed by atoms with E-state index in [1.807, 2.05) is 0 Å². The molecular formula is C11H14F3NO2S.